The molecule has 2 nitrogen and oxygen atoms in total. The van der Waals surface area contributed by atoms with Gasteiger partial charge in [0.1, 0.15) is 12.4 Å². The number of halogens is 3. The van der Waals surface area contributed by atoms with Crippen LogP contribution in [0.15, 0.2) is 45.3 Å². The van der Waals surface area contributed by atoms with Crippen molar-refractivity contribution >= 4 is 49.1 Å². The van der Waals surface area contributed by atoms with Crippen molar-refractivity contribution in [2.45, 2.75) is 32.9 Å². The molecule has 0 radical (unpaired) electrons. The number of anilines is 1. The second-order valence-corrected chi connectivity index (χ2v) is 7.16. The van der Waals surface area contributed by atoms with Gasteiger partial charge in [-0.05, 0) is 63.4 Å². The van der Waals surface area contributed by atoms with E-state index < -0.39 is 0 Å². The SMILES string of the molecule is CCC(C)Nc1cccc(COc2c(Br)cccc2Br)c1Cl. The Morgan fingerprint density at radius 3 is 2.41 bits per heavy atom. The molecule has 0 saturated heterocycles. The third kappa shape index (κ3) is 4.40. The van der Waals surface area contributed by atoms with Gasteiger partial charge in [-0.25, -0.2) is 0 Å². The molecule has 118 valence electrons. The molecule has 1 N–H and O–H groups in total. The zero-order valence-electron chi connectivity index (χ0n) is 12.5. The molecule has 0 amide bonds. The summed E-state index contributed by atoms with van der Waals surface area (Å²) in [5.74, 6) is 0.777. The highest BCUT2D eigenvalue weighted by molar-refractivity contribution is 9.11. The van der Waals surface area contributed by atoms with Crippen molar-refractivity contribution < 1.29 is 4.74 Å². The lowest BCUT2D eigenvalue weighted by Gasteiger charge is -2.17. The van der Waals surface area contributed by atoms with E-state index in [-0.39, 0.29) is 0 Å². The van der Waals surface area contributed by atoms with Gasteiger partial charge in [-0.2, -0.15) is 0 Å². The first-order valence-electron chi connectivity index (χ1n) is 7.13. The molecule has 0 aliphatic rings. The van der Waals surface area contributed by atoms with Gasteiger partial charge in [0.2, 0.25) is 0 Å². The fraction of sp³-hybridized carbons (Fsp3) is 0.294. The Morgan fingerprint density at radius 1 is 1.14 bits per heavy atom. The zero-order valence-corrected chi connectivity index (χ0v) is 16.4. The molecular weight excluding hydrogens is 429 g/mol. The van der Waals surface area contributed by atoms with Crippen LogP contribution in [-0.4, -0.2) is 6.04 Å². The molecule has 0 aliphatic heterocycles. The summed E-state index contributed by atoms with van der Waals surface area (Å²) in [6.45, 7) is 4.69. The number of rotatable bonds is 6. The monoisotopic (exact) mass is 445 g/mol. The molecule has 0 spiro atoms. The van der Waals surface area contributed by atoms with Crippen molar-refractivity contribution in [1.29, 1.82) is 0 Å². The normalized spacial score (nSPS) is 12.0. The lowest BCUT2D eigenvalue weighted by atomic mass is 10.2. The first-order chi connectivity index (χ1) is 10.5. The van der Waals surface area contributed by atoms with Crippen LogP contribution < -0.4 is 10.1 Å². The maximum Gasteiger partial charge on any atom is 0.148 e. The van der Waals surface area contributed by atoms with E-state index in [2.05, 4.69) is 51.0 Å². The van der Waals surface area contributed by atoms with Crippen LogP contribution in [0.2, 0.25) is 5.02 Å². The Balaban J connectivity index is 2.15. The standard InChI is InChI=1S/C17H18Br2ClNO/c1-3-11(2)21-15-9-4-6-12(16(15)20)10-22-17-13(18)7-5-8-14(17)19/h4-9,11,21H,3,10H2,1-2H3. The molecule has 2 aromatic carbocycles. The molecule has 5 heteroatoms. The summed E-state index contributed by atoms with van der Waals surface area (Å²) in [5, 5.41) is 4.13. The number of hydrogen-bond acceptors (Lipinski definition) is 2. The molecule has 0 bridgehead atoms. The van der Waals surface area contributed by atoms with E-state index >= 15 is 0 Å². The highest BCUT2D eigenvalue weighted by Crippen LogP contribution is 2.34. The van der Waals surface area contributed by atoms with E-state index in [4.69, 9.17) is 16.3 Å². The number of nitrogens with one attached hydrogen (secondary N) is 1. The summed E-state index contributed by atoms with van der Waals surface area (Å²) in [5.41, 5.74) is 1.90. The topological polar surface area (TPSA) is 21.3 Å². The van der Waals surface area contributed by atoms with Crippen LogP contribution in [-0.2, 0) is 6.61 Å². The molecule has 22 heavy (non-hydrogen) atoms. The third-order valence-electron chi connectivity index (χ3n) is 3.38. The highest BCUT2D eigenvalue weighted by Gasteiger charge is 2.11. The van der Waals surface area contributed by atoms with Crippen LogP contribution in [0.3, 0.4) is 0 Å². The lowest BCUT2D eigenvalue weighted by molar-refractivity contribution is 0.302. The first kappa shape index (κ1) is 17.6. The van der Waals surface area contributed by atoms with Gasteiger partial charge in [0.15, 0.2) is 0 Å². The minimum Gasteiger partial charge on any atom is -0.486 e. The number of para-hydroxylation sites is 1. The molecule has 1 unspecified atom stereocenters. The van der Waals surface area contributed by atoms with Crippen molar-refractivity contribution in [1.82, 2.24) is 0 Å². The highest BCUT2D eigenvalue weighted by atomic mass is 79.9. The van der Waals surface area contributed by atoms with Crippen LogP contribution in [0.25, 0.3) is 0 Å². The molecule has 0 saturated carbocycles. The lowest BCUT2D eigenvalue weighted by Crippen LogP contribution is -2.14. The summed E-state index contributed by atoms with van der Waals surface area (Å²) in [7, 11) is 0. The van der Waals surface area contributed by atoms with Crippen molar-refractivity contribution in [2.75, 3.05) is 5.32 Å². The van der Waals surface area contributed by atoms with Gasteiger partial charge in [-0.3, -0.25) is 0 Å². The average molecular weight is 448 g/mol. The van der Waals surface area contributed by atoms with Gasteiger partial charge in [0.05, 0.1) is 19.7 Å². The average Bonchev–Trinajstić information content (AvgIpc) is 2.50. The second kappa shape index (κ2) is 8.23. The summed E-state index contributed by atoms with van der Waals surface area (Å²) >= 11 is 13.5. The minimum absolute atomic E-state index is 0.381. The fourth-order valence-corrected chi connectivity index (χ4v) is 3.40. The van der Waals surface area contributed by atoms with Crippen molar-refractivity contribution in [3.8, 4) is 5.75 Å². The zero-order chi connectivity index (χ0) is 16.1. The van der Waals surface area contributed by atoms with Crippen LogP contribution in [0.1, 0.15) is 25.8 Å². The smallest absolute Gasteiger partial charge is 0.148 e. The number of hydrogen-bond donors (Lipinski definition) is 1. The quantitative estimate of drug-likeness (QED) is 0.535. The molecule has 1 atom stereocenters. The Morgan fingerprint density at radius 2 is 1.77 bits per heavy atom. The number of ether oxygens (including phenoxy) is 1. The summed E-state index contributed by atoms with van der Waals surface area (Å²) < 4.78 is 7.73. The maximum absolute atomic E-state index is 6.49. The first-order valence-corrected chi connectivity index (χ1v) is 9.10. The molecule has 0 fully saturated rings. The second-order valence-electron chi connectivity index (χ2n) is 5.07. The summed E-state index contributed by atoms with van der Waals surface area (Å²) in [6, 6.07) is 12.2. The number of benzene rings is 2. The predicted molar refractivity (Wildman–Crippen MR) is 101 cm³/mol. The Bertz CT molecular complexity index is 628. The largest absolute Gasteiger partial charge is 0.486 e. The third-order valence-corrected chi connectivity index (χ3v) is 5.08. The van der Waals surface area contributed by atoms with E-state index in [0.29, 0.717) is 17.7 Å². The van der Waals surface area contributed by atoms with Gasteiger partial charge in [-0.15, -0.1) is 0 Å². The van der Waals surface area contributed by atoms with Gasteiger partial charge >= 0.3 is 0 Å². The predicted octanol–water partition coefficient (Wildman–Crippen LogP) is 6.65. The Hall–Kier alpha value is -0.710. The molecule has 2 rings (SSSR count). The van der Waals surface area contributed by atoms with Crippen LogP contribution in [0, 0.1) is 0 Å². The van der Waals surface area contributed by atoms with E-state index in [1.165, 1.54) is 0 Å². The van der Waals surface area contributed by atoms with Gasteiger partial charge in [0.25, 0.3) is 0 Å². The maximum atomic E-state index is 6.49. The molecule has 0 heterocycles. The van der Waals surface area contributed by atoms with Crippen molar-refractivity contribution in [3.63, 3.8) is 0 Å². The van der Waals surface area contributed by atoms with Crippen molar-refractivity contribution in [3.05, 3.63) is 55.9 Å². The molecular formula is C17H18Br2ClNO. The van der Waals surface area contributed by atoms with Gasteiger partial charge in [0, 0.05) is 11.6 Å². The molecule has 0 aromatic heterocycles. The summed E-state index contributed by atoms with van der Waals surface area (Å²) in [4.78, 5) is 0. The van der Waals surface area contributed by atoms with E-state index in [1.807, 2.05) is 36.4 Å². The van der Waals surface area contributed by atoms with Gasteiger partial charge in [-0.1, -0.05) is 36.7 Å². The van der Waals surface area contributed by atoms with Crippen molar-refractivity contribution in [2.24, 2.45) is 0 Å². The van der Waals surface area contributed by atoms with Gasteiger partial charge < -0.3 is 10.1 Å². The van der Waals surface area contributed by atoms with E-state index in [1.54, 1.807) is 0 Å². The Kier molecular flexibility index (Phi) is 6.60. The minimum atomic E-state index is 0.381. The Labute approximate surface area is 153 Å². The van der Waals surface area contributed by atoms with E-state index in [9.17, 15) is 0 Å². The fourth-order valence-electron chi connectivity index (χ4n) is 1.94. The van der Waals surface area contributed by atoms with Crippen LogP contribution >= 0.6 is 43.5 Å². The van der Waals surface area contributed by atoms with Crippen LogP contribution in [0.4, 0.5) is 5.69 Å². The summed E-state index contributed by atoms with van der Waals surface area (Å²) in [6.07, 6.45) is 1.04. The van der Waals surface area contributed by atoms with E-state index in [0.717, 1.165) is 32.4 Å². The molecule has 0 aliphatic carbocycles. The van der Waals surface area contributed by atoms with Crippen LogP contribution in [0.5, 0.6) is 5.75 Å². The molecule has 2 aromatic rings.